The van der Waals surface area contributed by atoms with Crippen LogP contribution in [0.3, 0.4) is 0 Å². The molecule has 1 fully saturated rings. The van der Waals surface area contributed by atoms with E-state index in [9.17, 15) is 9.59 Å². The van der Waals surface area contributed by atoms with Crippen molar-refractivity contribution in [2.24, 2.45) is 0 Å². The van der Waals surface area contributed by atoms with Crippen LogP contribution in [-0.4, -0.2) is 35.3 Å². The number of carbonyl (C=O) groups is 2. The molecule has 2 aromatic carbocycles. The van der Waals surface area contributed by atoms with Crippen LogP contribution in [0.2, 0.25) is 0 Å². The summed E-state index contributed by atoms with van der Waals surface area (Å²) in [5.74, 6) is 0.759. The molecule has 1 amide bonds. The van der Waals surface area contributed by atoms with Crippen molar-refractivity contribution in [1.82, 2.24) is 4.90 Å². The van der Waals surface area contributed by atoms with Crippen molar-refractivity contribution < 1.29 is 18.7 Å². The molecule has 0 saturated carbocycles. The lowest BCUT2D eigenvalue weighted by Crippen LogP contribution is -2.52. The molecule has 0 bridgehead atoms. The van der Waals surface area contributed by atoms with Gasteiger partial charge in [-0.1, -0.05) is 30.3 Å². The van der Waals surface area contributed by atoms with Gasteiger partial charge in [0.1, 0.15) is 17.6 Å². The Morgan fingerprint density at radius 2 is 1.85 bits per heavy atom. The average Bonchev–Trinajstić information content (AvgIpc) is 3.22. The monoisotopic (exact) mass is 361 g/mol. The molecule has 0 atom stereocenters. The maximum atomic E-state index is 13.0. The molecule has 0 unspecified atom stereocenters. The summed E-state index contributed by atoms with van der Waals surface area (Å²) in [5.41, 5.74) is 0.735. The van der Waals surface area contributed by atoms with Gasteiger partial charge in [-0.15, -0.1) is 0 Å². The highest BCUT2D eigenvalue weighted by atomic mass is 16.5. The van der Waals surface area contributed by atoms with E-state index in [-0.39, 0.29) is 11.7 Å². The minimum Gasteiger partial charge on any atom is -0.486 e. The fraction of sp³-hybridized carbons (Fsp3) is 0.273. The normalized spacial score (nSPS) is 18.4. The number of amides is 1. The predicted octanol–water partition coefficient (Wildman–Crippen LogP) is 4.07. The molecule has 0 N–H and O–H groups in total. The minimum absolute atomic E-state index is 0.0351. The van der Waals surface area contributed by atoms with Crippen LogP contribution >= 0.6 is 0 Å². The van der Waals surface area contributed by atoms with Gasteiger partial charge in [-0.3, -0.25) is 9.59 Å². The topological polar surface area (TPSA) is 59.8 Å². The van der Waals surface area contributed by atoms with Crippen LogP contribution in [-0.2, 0) is 0 Å². The van der Waals surface area contributed by atoms with E-state index < -0.39 is 5.60 Å². The molecule has 27 heavy (non-hydrogen) atoms. The number of nitrogens with zero attached hydrogens (tertiary/aromatic N) is 1. The summed E-state index contributed by atoms with van der Waals surface area (Å²) in [5, 5.41) is 1.99. The highest BCUT2D eigenvalue weighted by Crippen LogP contribution is 2.42. The van der Waals surface area contributed by atoms with Gasteiger partial charge in [-0.2, -0.15) is 0 Å². The van der Waals surface area contributed by atoms with Crippen molar-refractivity contribution in [3.8, 4) is 5.75 Å². The molecule has 136 valence electrons. The average molecular weight is 361 g/mol. The summed E-state index contributed by atoms with van der Waals surface area (Å²) >= 11 is 0. The second-order valence-corrected chi connectivity index (χ2v) is 7.35. The second kappa shape index (κ2) is 5.98. The molecule has 2 aliphatic rings. The maximum Gasteiger partial charge on any atom is 0.257 e. The molecule has 3 aromatic rings. The number of Topliss-reactive ketones (excluding diaryl/α,β-unsaturated/α-hetero) is 1. The Kier molecular flexibility index (Phi) is 3.57. The molecule has 5 heteroatoms. The third kappa shape index (κ3) is 2.62. The summed E-state index contributed by atoms with van der Waals surface area (Å²) in [6.07, 6.45) is 4.63. The van der Waals surface area contributed by atoms with E-state index in [1.54, 1.807) is 11.0 Å². The number of fused-ring (bicyclic) bond motifs is 3. The first kappa shape index (κ1) is 16.1. The molecule has 5 rings (SSSR count). The number of likely N-dealkylation sites (tertiary alicyclic amines) is 1. The fourth-order valence-electron chi connectivity index (χ4n) is 4.24. The third-order valence-electron chi connectivity index (χ3n) is 5.71. The smallest absolute Gasteiger partial charge is 0.257 e. The number of piperidine rings is 1. The van der Waals surface area contributed by atoms with Crippen molar-refractivity contribution in [2.45, 2.75) is 24.9 Å². The highest BCUT2D eigenvalue weighted by Gasteiger charge is 2.44. The van der Waals surface area contributed by atoms with Gasteiger partial charge in [0, 0.05) is 25.9 Å². The largest absolute Gasteiger partial charge is 0.486 e. The van der Waals surface area contributed by atoms with Crippen LogP contribution in [0.1, 0.15) is 40.0 Å². The van der Waals surface area contributed by atoms with Crippen molar-refractivity contribution in [3.05, 3.63) is 66.1 Å². The van der Waals surface area contributed by atoms with E-state index in [0.29, 0.717) is 49.2 Å². The molecule has 0 aliphatic carbocycles. The second-order valence-electron chi connectivity index (χ2n) is 7.35. The Morgan fingerprint density at radius 1 is 1.04 bits per heavy atom. The number of benzene rings is 2. The Bertz CT molecular complexity index is 1030. The quantitative estimate of drug-likeness (QED) is 0.655. The summed E-state index contributed by atoms with van der Waals surface area (Å²) < 4.78 is 11.4. The SMILES string of the molecule is O=C1CC2(CCN(C(=O)c3ccoc3)CC2)Oc2ccc3ccccc3c21. The molecular weight excluding hydrogens is 342 g/mol. The molecule has 1 saturated heterocycles. The highest BCUT2D eigenvalue weighted by molar-refractivity contribution is 6.11. The fourth-order valence-corrected chi connectivity index (χ4v) is 4.24. The number of furan rings is 1. The summed E-state index contributed by atoms with van der Waals surface area (Å²) in [6, 6.07) is 13.5. The van der Waals surface area contributed by atoms with Gasteiger partial charge in [0.2, 0.25) is 0 Å². The van der Waals surface area contributed by atoms with Gasteiger partial charge in [0.25, 0.3) is 5.91 Å². The maximum absolute atomic E-state index is 13.0. The molecule has 0 radical (unpaired) electrons. The van der Waals surface area contributed by atoms with Crippen molar-refractivity contribution in [2.75, 3.05) is 13.1 Å². The van der Waals surface area contributed by atoms with Crippen LogP contribution in [0, 0.1) is 0 Å². The molecule has 1 spiro atoms. The number of hydrogen-bond acceptors (Lipinski definition) is 4. The zero-order valence-electron chi connectivity index (χ0n) is 14.8. The standard InChI is InChI=1S/C22H19NO4/c24-18-13-22(8-10-23(11-9-22)21(25)16-7-12-26-14-16)27-19-6-5-15-3-1-2-4-17(15)20(18)19/h1-7,12,14H,8-11,13H2. The zero-order chi connectivity index (χ0) is 18.4. The minimum atomic E-state index is -0.514. The van der Waals surface area contributed by atoms with Crippen LogP contribution in [0.5, 0.6) is 5.75 Å². The van der Waals surface area contributed by atoms with Gasteiger partial charge in [-0.05, 0) is 22.9 Å². The summed E-state index contributed by atoms with van der Waals surface area (Å²) in [6.45, 7) is 1.14. The summed E-state index contributed by atoms with van der Waals surface area (Å²) in [4.78, 5) is 27.3. The van der Waals surface area contributed by atoms with Gasteiger partial charge < -0.3 is 14.1 Å². The zero-order valence-corrected chi connectivity index (χ0v) is 14.8. The molecule has 3 heterocycles. The Hall–Kier alpha value is -3.08. The molecular formula is C22H19NO4. The molecule has 5 nitrogen and oxygen atoms in total. The van der Waals surface area contributed by atoms with E-state index >= 15 is 0 Å². The van der Waals surface area contributed by atoms with Crippen molar-refractivity contribution >= 4 is 22.5 Å². The Morgan fingerprint density at radius 3 is 2.63 bits per heavy atom. The van der Waals surface area contributed by atoms with E-state index in [4.69, 9.17) is 9.15 Å². The molecule has 2 aliphatic heterocycles. The predicted molar refractivity (Wildman–Crippen MR) is 100 cm³/mol. The lowest BCUT2D eigenvalue weighted by atomic mass is 9.81. The van der Waals surface area contributed by atoms with Crippen molar-refractivity contribution in [3.63, 3.8) is 0 Å². The van der Waals surface area contributed by atoms with Crippen LogP contribution in [0.25, 0.3) is 10.8 Å². The van der Waals surface area contributed by atoms with Crippen LogP contribution in [0.4, 0.5) is 0 Å². The number of rotatable bonds is 1. The van der Waals surface area contributed by atoms with E-state index in [2.05, 4.69) is 0 Å². The van der Waals surface area contributed by atoms with Crippen molar-refractivity contribution in [1.29, 1.82) is 0 Å². The number of hydrogen-bond donors (Lipinski definition) is 0. The molecule has 1 aromatic heterocycles. The van der Waals surface area contributed by atoms with Gasteiger partial charge in [-0.25, -0.2) is 0 Å². The van der Waals surface area contributed by atoms with Gasteiger partial charge in [0.05, 0.1) is 23.8 Å². The van der Waals surface area contributed by atoms with Gasteiger partial charge >= 0.3 is 0 Å². The number of ketones is 1. The van der Waals surface area contributed by atoms with Gasteiger partial charge in [0.15, 0.2) is 5.78 Å². The van der Waals surface area contributed by atoms with Crippen LogP contribution in [0.15, 0.2) is 59.4 Å². The number of ether oxygens (including phenoxy) is 1. The first-order valence-electron chi connectivity index (χ1n) is 9.21. The number of carbonyl (C=O) groups excluding carboxylic acids is 2. The first-order valence-corrected chi connectivity index (χ1v) is 9.21. The van der Waals surface area contributed by atoms with E-state index in [1.807, 2.05) is 36.4 Å². The Balaban J connectivity index is 1.40. The third-order valence-corrected chi connectivity index (χ3v) is 5.71. The van der Waals surface area contributed by atoms with E-state index in [0.717, 1.165) is 10.8 Å². The lowest BCUT2D eigenvalue weighted by molar-refractivity contribution is -0.00547. The van der Waals surface area contributed by atoms with E-state index in [1.165, 1.54) is 12.5 Å². The summed E-state index contributed by atoms with van der Waals surface area (Å²) in [7, 11) is 0. The lowest BCUT2D eigenvalue weighted by Gasteiger charge is -2.44. The Labute approximate surface area is 156 Å². The first-order chi connectivity index (χ1) is 13.2. The van der Waals surface area contributed by atoms with Crippen LogP contribution < -0.4 is 4.74 Å².